The van der Waals surface area contributed by atoms with Crippen molar-refractivity contribution in [3.63, 3.8) is 0 Å². The van der Waals surface area contributed by atoms with Crippen molar-refractivity contribution >= 4 is 45.1 Å². The van der Waals surface area contributed by atoms with Crippen LogP contribution in [-0.2, 0) is 11.2 Å². The minimum absolute atomic E-state index is 0.0440. The van der Waals surface area contributed by atoms with E-state index < -0.39 is 0 Å². The molecule has 1 amide bonds. The van der Waals surface area contributed by atoms with Crippen LogP contribution < -0.4 is 5.32 Å². The van der Waals surface area contributed by atoms with Gasteiger partial charge in [0.05, 0.1) is 0 Å². The maximum atomic E-state index is 12.2. The highest BCUT2D eigenvalue weighted by molar-refractivity contribution is 8.09. The second kappa shape index (κ2) is 11.3. The van der Waals surface area contributed by atoms with Crippen molar-refractivity contribution in [1.29, 1.82) is 0 Å². The van der Waals surface area contributed by atoms with Crippen molar-refractivity contribution in [3.8, 4) is 0 Å². The number of aryl methyl sites for hydroxylation is 1. The Balaban J connectivity index is 1.58. The van der Waals surface area contributed by atoms with E-state index in [2.05, 4.69) is 40.8 Å². The number of hydrogen-bond acceptors (Lipinski definition) is 5. The molecular formula is C24H23N3OS2. The number of allylic oxidation sites excluding steroid dienone is 2. The van der Waals surface area contributed by atoms with Crippen molar-refractivity contribution in [3.05, 3.63) is 96.6 Å². The summed E-state index contributed by atoms with van der Waals surface area (Å²) in [5, 5.41) is 11.7. The van der Waals surface area contributed by atoms with E-state index in [0.717, 1.165) is 33.2 Å². The molecule has 0 radical (unpaired) electrons. The number of anilines is 1. The number of nitrogens with one attached hydrogen (secondary N) is 1. The van der Waals surface area contributed by atoms with Crippen molar-refractivity contribution in [2.45, 2.75) is 23.6 Å². The third-order valence-corrected chi connectivity index (χ3v) is 6.24. The van der Waals surface area contributed by atoms with Gasteiger partial charge in [-0.25, -0.2) is 0 Å². The minimum atomic E-state index is -0.0440. The molecule has 0 saturated heterocycles. The maximum Gasteiger partial charge on any atom is 0.226 e. The van der Waals surface area contributed by atoms with Gasteiger partial charge in [-0.3, -0.25) is 4.79 Å². The highest BCUT2D eigenvalue weighted by Crippen LogP contribution is 2.38. The average molecular weight is 434 g/mol. The molecule has 1 heterocycles. The molecule has 0 atom stereocenters. The van der Waals surface area contributed by atoms with E-state index in [1.807, 2.05) is 54.6 Å². The number of thioether (sulfide) groups is 1. The first kappa shape index (κ1) is 21.7. The molecule has 6 heteroatoms. The van der Waals surface area contributed by atoms with Gasteiger partial charge >= 0.3 is 0 Å². The molecule has 0 bridgehead atoms. The molecule has 0 unspecified atom stereocenters. The molecule has 152 valence electrons. The van der Waals surface area contributed by atoms with E-state index in [1.165, 1.54) is 28.7 Å². The van der Waals surface area contributed by atoms with Crippen LogP contribution in [0.25, 0.3) is 11.0 Å². The third-order valence-electron chi connectivity index (χ3n) is 4.28. The molecule has 2 aromatic carbocycles. The fourth-order valence-corrected chi connectivity index (χ4v) is 4.76. The van der Waals surface area contributed by atoms with Crippen LogP contribution in [0.4, 0.5) is 5.13 Å². The zero-order chi connectivity index (χ0) is 21.2. The smallest absolute Gasteiger partial charge is 0.226 e. The molecule has 30 heavy (non-hydrogen) atoms. The van der Waals surface area contributed by atoms with Crippen LogP contribution in [0.2, 0.25) is 0 Å². The van der Waals surface area contributed by atoms with Gasteiger partial charge in [0.2, 0.25) is 11.0 Å². The summed E-state index contributed by atoms with van der Waals surface area (Å²) in [6, 6.07) is 18.2. The Hall–Kier alpha value is -2.96. The Kier molecular flexibility index (Phi) is 8.18. The Labute approximate surface area is 185 Å². The monoisotopic (exact) mass is 433 g/mol. The molecule has 3 aromatic rings. The molecule has 1 aromatic heterocycles. The predicted octanol–water partition coefficient (Wildman–Crippen LogP) is 6.46. The van der Waals surface area contributed by atoms with Gasteiger partial charge in [0.15, 0.2) is 4.34 Å². The molecule has 1 N–H and O–H groups in total. The molecule has 0 saturated carbocycles. The van der Waals surface area contributed by atoms with Gasteiger partial charge in [-0.1, -0.05) is 103 Å². The maximum absolute atomic E-state index is 12.2. The first-order valence-electron chi connectivity index (χ1n) is 9.59. The second-order valence-corrected chi connectivity index (χ2v) is 8.69. The van der Waals surface area contributed by atoms with Crippen LogP contribution >= 0.6 is 23.1 Å². The highest BCUT2D eigenvalue weighted by Gasteiger charge is 2.13. The number of hydrogen-bond donors (Lipinski definition) is 1. The number of amides is 1. The zero-order valence-electron chi connectivity index (χ0n) is 16.6. The molecule has 0 aliphatic carbocycles. The van der Waals surface area contributed by atoms with E-state index in [1.54, 1.807) is 6.08 Å². The fraction of sp³-hybridized carbons (Fsp3) is 0.125. The fourth-order valence-electron chi connectivity index (χ4n) is 2.86. The topological polar surface area (TPSA) is 54.9 Å². The summed E-state index contributed by atoms with van der Waals surface area (Å²) in [6.45, 7) is 7.70. The highest BCUT2D eigenvalue weighted by atomic mass is 32.2. The summed E-state index contributed by atoms with van der Waals surface area (Å²) in [7, 11) is 0. The number of benzene rings is 2. The average Bonchev–Trinajstić information content (AvgIpc) is 3.21. The number of carbonyl (C=O) groups excluding carboxylic acids is 1. The van der Waals surface area contributed by atoms with Crippen LogP contribution in [0.3, 0.4) is 0 Å². The van der Waals surface area contributed by atoms with Crippen molar-refractivity contribution in [1.82, 2.24) is 10.2 Å². The van der Waals surface area contributed by atoms with Crippen molar-refractivity contribution < 1.29 is 4.79 Å². The van der Waals surface area contributed by atoms with Crippen molar-refractivity contribution in [2.75, 3.05) is 5.32 Å². The van der Waals surface area contributed by atoms with Gasteiger partial charge in [-0.2, -0.15) is 0 Å². The van der Waals surface area contributed by atoms with Crippen LogP contribution in [0.1, 0.15) is 29.5 Å². The van der Waals surface area contributed by atoms with Crippen LogP contribution in [0, 0.1) is 0 Å². The Bertz CT molecular complexity index is 1040. The Morgan fingerprint density at radius 2 is 1.83 bits per heavy atom. The van der Waals surface area contributed by atoms with Gasteiger partial charge in [-0.05, 0) is 35.6 Å². The summed E-state index contributed by atoms with van der Waals surface area (Å²) >= 11 is 2.86. The van der Waals surface area contributed by atoms with E-state index >= 15 is 0 Å². The first-order chi connectivity index (χ1) is 14.7. The number of carbonyl (C=O) groups is 1. The van der Waals surface area contributed by atoms with E-state index in [4.69, 9.17) is 0 Å². The molecule has 0 spiro atoms. The lowest BCUT2D eigenvalue weighted by Crippen LogP contribution is -2.11. The predicted molar refractivity (Wildman–Crippen MR) is 128 cm³/mol. The largest absolute Gasteiger partial charge is 0.301 e. The lowest BCUT2D eigenvalue weighted by Gasteiger charge is -2.08. The summed E-state index contributed by atoms with van der Waals surface area (Å²) in [4.78, 5) is 13.2. The summed E-state index contributed by atoms with van der Waals surface area (Å²) in [5.74, 6) is -0.0440. The number of nitrogens with zero attached hydrogens (tertiary/aromatic N) is 2. The zero-order valence-corrected chi connectivity index (χ0v) is 18.2. The van der Waals surface area contributed by atoms with Crippen LogP contribution in [-0.4, -0.2) is 16.1 Å². The minimum Gasteiger partial charge on any atom is -0.301 e. The standard InChI is InChI=1S/C24H23N3OS2/c1-3-11-21(20-16-9-8-15-19(20)4-2)29-24-27-26-23(30-24)25-22(28)17-10-14-18-12-6-5-7-13-18/h3-9,11-13,15-16H,1-2,10,14,17H2,(H,25,26,28)/b21-11+. The lowest BCUT2D eigenvalue weighted by molar-refractivity contribution is -0.116. The molecule has 0 aliphatic rings. The van der Waals surface area contributed by atoms with E-state index in [9.17, 15) is 4.79 Å². The van der Waals surface area contributed by atoms with Crippen LogP contribution in [0.15, 0.2) is 84.2 Å². The molecule has 3 rings (SSSR count). The quantitative estimate of drug-likeness (QED) is 0.226. The van der Waals surface area contributed by atoms with Gasteiger partial charge in [0, 0.05) is 11.3 Å². The molecule has 4 nitrogen and oxygen atoms in total. The summed E-state index contributed by atoms with van der Waals surface area (Å²) in [6.07, 6.45) is 7.64. The van der Waals surface area contributed by atoms with E-state index in [-0.39, 0.29) is 5.91 Å². The molecule has 0 fully saturated rings. The molecule has 0 aliphatic heterocycles. The van der Waals surface area contributed by atoms with Gasteiger partial charge in [0.25, 0.3) is 0 Å². The van der Waals surface area contributed by atoms with Gasteiger partial charge in [0.1, 0.15) is 0 Å². The lowest BCUT2D eigenvalue weighted by atomic mass is 10.1. The summed E-state index contributed by atoms with van der Waals surface area (Å²) in [5.41, 5.74) is 3.33. The molecular weight excluding hydrogens is 410 g/mol. The van der Waals surface area contributed by atoms with Crippen molar-refractivity contribution in [2.24, 2.45) is 0 Å². The van der Waals surface area contributed by atoms with E-state index in [0.29, 0.717) is 11.6 Å². The number of rotatable bonds is 10. The van der Waals surface area contributed by atoms with Gasteiger partial charge in [-0.15, -0.1) is 10.2 Å². The number of aromatic nitrogens is 2. The Morgan fingerprint density at radius 1 is 1.07 bits per heavy atom. The first-order valence-corrected chi connectivity index (χ1v) is 11.2. The Morgan fingerprint density at radius 3 is 2.60 bits per heavy atom. The summed E-state index contributed by atoms with van der Waals surface area (Å²) < 4.78 is 0.751. The SMILES string of the molecule is C=C/C=C(/Sc1nnc(NC(=O)CCCc2ccccc2)s1)c1ccccc1C=C. The van der Waals surface area contributed by atoms with Crippen LogP contribution in [0.5, 0.6) is 0 Å². The second-order valence-electron chi connectivity index (χ2n) is 6.42. The third kappa shape index (κ3) is 6.27. The van der Waals surface area contributed by atoms with Gasteiger partial charge < -0.3 is 5.32 Å². The normalized spacial score (nSPS) is 11.1.